The van der Waals surface area contributed by atoms with E-state index in [4.69, 9.17) is 10.5 Å². The number of nitro benzene ring substituents is 1. The van der Waals surface area contributed by atoms with Gasteiger partial charge in [-0.2, -0.15) is 0 Å². The summed E-state index contributed by atoms with van der Waals surface area (Å²) in [5.41, 5.74) is 5.40. The van der Waals surface area contributed by atoms with E-state index in [1.54, 1.807) is 0 Å². The summed E-state index contributed by atoms with van der Waals surface area (Å²) < 4.78 is 19.0. The lowest BCUT2D eigenvalue weighted by molar-refractivity contribution is -0.385. The van der Waals surface area contributed by atoms with Crippen LogP contribution in [0.15, 0.2) is 18.2 Å². The number of hydrogen-bond acceptors (Lipinski definition) is 4. The van der Waals surface area contributed by atoms with Gasteiger partial charge in [0.05, 0.1) is 17.6 Å². The van der Waals surface area contributed by atoms with Gasteiger partial charge in [0.2, 0.25) is 0 Å². The van der Waals surface area contributed by atoms with E-state index in [0.29, 0.717) is 25.0 Å². The summed E-state index contributed by atoms with van der Waals surface area (Å²) in [7, 11) is 0. The normalized spacial score (nSPS) is 22.4. The van der Waals surface area contributed by atoms with Crippen LogP contribution < -0.4 is 10.5 Å². The molecule has 1 saturated carbocycles. The molecule has 5 nitrogen and oxygen atoms in total. The topological polar surface area (TPSA) is 78.4 Å². The number of halogens is 1. The molecule has 0 saturated heterocycles. The van der Waals surface area contributed by atoms with E-state index in [0.717, 1.165) is 25.3 Å². The smallest absolute Gasteiger partial charge is 0.272 e. The first kappa shape index (κ1) is 13.7. The summed E-state index contributed by atoms with van der Waals surface area (Å²) in [5.74, 6) is 0.144. The lowest BCUT2D eigenvalue weighted by Gasteiger charge is -2.18. The molecule has 19 heavy (non-hydrogen) atoms. The van der Waals surface area contributed by atoms with Gasteiger partial charge in [0.15, 0.2) is 11.6 Å². The quantitative estimate of drug-likeness (QED) is 0.657. The number of nitrogens with two attached hydrogens (primary N) is 1. The van der Waals surface area contributed by atoms with Crippen molar-refractivity contribution in [2.24, 2.45) is 17.6 Å². The van der Waals surface area contributed by atoms with Gasteiger partial charge in [-0.25, -0.2) is 4.39 Å². The third kappa shape index (κ3) is 3.20. The van der Waals surface area contributed by atoms with E-state index in [-0.39, 0.29) is 11.4 Å². The van der Waals surface area contributed by atoms with E-state index in [2.05, 4.69) is 0 Å². The zero-order valence-corrected chi connectivity index (χ0v) is 10.5. The van der Waals surface area contributed by atoms with Gasteiger partial charge in [-0.15, -0.1) is 0 Å². The third-order valence-corrected chi connectivity index (χ3v) is 3.70. The molecule has 104 valence electrons. The average molecular weight is 268 g/mol. The van der Waals surface area contributed by atoms with Crippen LogP contribution >= 0.6 is 0 Å². The van der Waals surface area contributed by atoms with Crippen molar-refractivity contribution < 1.29 is 14.1 Å². The van der Waals surface area contributed by atoms with Crippen LogP contribution in [0.3, 0.4) is 0 Å². The van der Waals surface area contributed by atoms with Gasteiger partial charge in [-0.3, -0.25) is 10.1 Å². The molecule has 1 aliphatic rings. The van der Waals surface area contributed by atoms with Crippen LogP contribution in [0.1, 0.15) is 19.3 Å². The SMILES string of the molecule is NCC1CCCC1COc1ccc([N+](=O)[O-])cc1F. The van der Waals surface area contributed by atoms with E-state index in [1.807, 2.05) is 0 Å². The highest BCUT2D eigenvalue weighted by atomic mass is 19.1. The minimum Gasteiger partial charge on any atom is -0.490 e. The van der Waals surface area contributed by atoms with E-state index < -0.39 is 10.7 Å². The monoisotopic (exact) mass is 268 g/mol. The Morgan fingerprint density at radius 3 is 2.79 bits per heavy atom. The molecule has 0 spiro atoms. The molecule has 1 aromatic carbocycles. The summed E-state index contributed by atoms with van der Waals surface area (Å²) in [4.78, 5) is 9.87. The first-order valence-corrected chi connectivity index (χ1v) is 6.38. The van der Waals surface area contributed by atoms with Crippen LogP contribution in [-0.4, -0.2) is 18.1 Å². The minimum absolute atomic E-state index is 0.0632. The summed E-state index contributed by atoms with van der Waals surface area (Å²) >= 11 is 0. The molecule has 0 bridgehead atoms. The Morgan fingerprint density at radius 1 is 1.42 bits per heavy atom. The molecule has 2 rings (SSSR count). The molecule has 6 heteroatoms. The standard InChI is InChI=1S/C13H17FN2O3/c14-12-6-11(16(17)18)4-5-13(12)19-8-10-3-1-2-9(10)7-15/h4-6,9-10H,1-3,7-8,15H2. The minimum atomic E-state index is -0.698. The summed E-state index contributed by atoms with van der Waals surface area (Å²) in [6, 6.07) is 3.43. The van der Waals surface area contributed by atoms with Crippen LogP contribution in [0.5, 0.6) is 5.75 Å². The maximum absolute atomic E-state index is 13.6. The second kappa shape index (κ2) is 5.97. The van der Waals surface area contributed by atoms with Gasteiger partial charge < -0.3 is 10.5 Å². The Morgan fingerprint density at radius 2 is 2.16 bits per heavy atom. The number of hydrogen-bond donors (Lipinski definition) is 1. The van der Waals surface area contributed by atoms with Crippen molar-refractivity contribution in [2.75, 3.05) is 13.2 Å². The second-order valence-electron chi connectivity index (χ2n) is 4.87. The third-order valence-electron chi connectivity index (χ3n) is 3.70. The lowest BCUT2D eigenvalue weighted by Crippen LogP contribution is -2.23. The van der Waals surface area contributed by atoms with E-state index >= 15 is 0 Å². The predicted molar refractivity (Wildman–Crippen MR) is 68.4 cm³/mol. The number of nitro groups is 1. The Hall–Kier alpha value is -1.69. The molecule has 2 unspecified atom stereocenters. The van der Waals surface area contributed by atoms with Crippen molar-refractivity contribution in [1.29, 1.82) is 0 Å². The molecule has 0 heterocycles. The van der Waals surface area contributed by atoms with Crippen molar-refractivity contribution in [3.63, 3.8) is 0 Å². The second-order valence-corrected chi connectivity index (χ2v) is 4.87. The van der Waals surface area contributed by atoms with Crippen LogP contribution in [0, 0.1) is 27.8 Å². The van der Waals surface area contributed by atoms with E-state index in [1.165, 1.54) is 12.1 Å². The highest BCUT2D eigenvalue weighted by molar-refractivity contribution is 5.37. The molecule has 0 aliphatic heterocycles. The first-order chi connectivity index (χ1) is 9.11. The largest absolute Gasteiger partial charge is 0.490 e. The maximum Gasteiger partial charge on any atom is 0.272 e. The molecular formula is C13H17FN2O3. The fourth-order valence-electron chi connectivity index (χ4n) is 2.56. The summed E-state index contributed by atoms with van der Waals surface area (Å²) in [6.07, 6.45) is 3.25. The van der Waals surface area contributed by atoms with Gasteiger partial charge in [0.25, 0.3) is 5.69 Å². The van der Waals surface area contributed by atoms with Crippen LogP contribution in [-0.2, 0) is 0 Å². The molecule has 1 aliphatic carbocycles. The van der Waals surface area contributed by atoms with Crippen molar-refractivity contribution in [3.8, 4) is 5.75 Å². The lowest BCUT2D eigenvalue weighted by atomic mass is 9.97. The van der Waals surface area contributed by atoms with Crippen molar-refractivity contribution in [2.45, 2.75) is 19.3 Å². The van der Waals surface area contributed by atoms with Crippen molar-refractivity contribution in [3.05, 3.63) is 34.1 Å². The maximum atomic E-state index is 13.6. The fourth-order valence-corrected chi connectivity index (χ4v) is 2.56. The molecule has 0 amide bonds. The molecule has 1 fully saturated rings. The number of non-ortho nitro benzene ring substituents is 1. The highest BCUT2D eigenvalue weighted by Gasteiger charge is 2.26. The van der Waals surface area contributed by atoms with Gasteiger partial charge in [-0.1, -0.05) is 6.42 Å². The Kier molecular flexibility index (Phi) is 4.31. The average Bonchev–Trinajstić information content (AvgIpc) is 2.84. The Balaban J connectivity index is 1.98. The van der Waals surface area contributed by atoms with Crippen molar-refractivity contribution in [1.82, 2.24) is 0 Å². The van der Waals surface area contributed by atoms with Gasteiger partial charge in [0, 0.05) is 6.07 Å². The summed E-state index contributed by atoms with van der Waals surface area (Å²) in [5, 5.41) is 10.5. The van der Waals surface area contributed by atoms with Crippen LogP contribution in [0.2, 0.25) is 0 Å². The zero-order valence-electron chi connectivity index (χ0n) is 10.5. The van der Waals surface area contributed by atoms with Gasteiger partial charge in [0.1, 0.15) is 0 Å². The molecule has 0 aromatic heterocycles. The van der Waals surface area contributed by atoms with Crippen LogP contribution in [0.4, 0.5) is 10.1 Å². The van der Waals surface area contributed by atoms with Gasteiger partial charge in [-0.05, 0) is 37.3 Å². The Bertz CT molecular complexity index is 467. The van der Waals surface area contributed by atoms with Crippen LogP contribution in [0.25, 0.3) is 0 Å². The summed E-state index contributed by atoms with van der Waals surface area (Å²) in [6.45, 7) is 1.04. The number of ether oxygens (including phenoxy) is 1. The fraction of sp³-hybridized carbons (Fsp3) is 0.538. The van der Waals surface area contributed by atoms with Crippen molar-refractivity contribution >= 4 is 5.69 Å². The molecule has 2 atom stereocenters. The number of rotatable bonds is 5. The number of benzene rings is 1. The first-order valence-electron chi connectivity index (χ1n) is 6.38. The Labute approximate surface area is 110 Å². The predicted octanol–water partition coefficient (Wildman–Crippen LogP) is 2.49. The highest BCUT2D eigenvalue weighted by Crippen LogP contribution is 2.32. The molecule has 1 aromatic rings. The zero-order chi connectivity index (χ0) is 13.8. The molecule has 0 radical (unpaired) electrons. The molecule has 2 N–H and O–H groups in total. The number of nitrogens with zero attached hydrogens (tertiary/aromatic N) is 1. The molecular weight excluding hydrogens is 251 g/mol. The van der Waals surface area contributed by atoms with E-state index in [9.17, 15) is 14.5 Å². The van der Waals surface area contributed by atoms with Gasteiger partial charge >= 0.3 is 0 Å².